The van der Waals surface area contributed by atoms with Gasteiger partial charge in [-0.15, -0.1) is 0 Å². The third-order valence-corrected chi connectivity index (χ3v) is 3.82. The summed E-state index contributed by atoms with van der Waals surface area (Å²) in [4.78, 5) is 4.50. The number of rotatable bonds is 6. The minimum atomic E-state index is 0.788. The highest BCUT2D eigenvalue weighted by Gasteiger charge is 2.12. The second kappa shape index (κ2) is 6.74. The van der Waals surface area contributed by atoms with Crippen LogP contribution in [0.4, 0.5) is 0 Å². The van der Waals surface area contributed by atoms with Gasteiger partial charge in [0.05, 0.1) is 0 Å². The van der Waals surface area contributed by atoms with E-state index in [0.717, 1.165) is 23.9 Å². The highest BCUT2D eigenvalue weighted by molar-refractivity contribution is 6.01. The lowest BCUT2D eigenvalue weighted by Crippen LogP contribution is -2.05. The van der Waals surface area contributed by atoms with E-state index in [1.165, 1.54) is 29.7 Å². The maximum atomic E-state index is 4.50. The molecule has 0 aliphatic heterocycles. The van der Waals surface area contributed by atoms with Crippen LogP contribution in [0.2, 0.25) is 0 Å². The minimum Gasteiger partial charge on any atom is -0.351 e. The fourth-order valence-electron chi connectivity index (χ4n) is 2.51. The molecule has 1 heterocycles. The first-order chi connectivity index (χ1) is 8.86. The van der Waals surface area contributed by atoms with Crippen molar-refractivity contribution in [3.63, 3.8) is 0 Å². The highest BCUT2D eigenvalue weighted by Crippen LogP contribution is 2.20. The second-order valence-electron chi connectivity index (χ2n) is 5.70. The number of aromatic nitrogens is 1. The Bertz CT molecular complexity index is 478. The van der Waals surface area contributed by atoms with Crippen molar-refractivity contribution in [1.82, 2.24) is 4.57 Å². The zero-order valence-electron chi connectivity index (χ0n) is 13.4. The molecule has 1 unspecified atom stereocenters. The van der Waals surface area contributed by atoms with Crippen molar-refractivity contribution in [1.29, 1.82) is 0 Å². The normalized spacial score (nSPS) is 13.7. The van der Waals surface area contributed by atoms with E-state index < -0.39 is 0 Å². The van der Waals surface area contributed by atoms with Gasteiger partial charge < -0.3 is 4.57 Å². The zero-order valence-corrected chi connectivity index (χ0v) is 13.4. The zero-order chi connectivity index (χ0) is 14.6. The van der Waals surface area contributed by atoms with Crippen LogP contribution in [0.15, 0.2) is 23.5 Å². The standard InChI is InChI=1S/C17H28N2/c1-8-13(4)9-10-19-11-14(5)17(16(19)7)15(6)18-12(2)3/h11,13H,2,8-10H2,1,3-7H3. The van der Waals surface area contributed by atoms with Crippen molar-refractivity contribution in [2.75, 3.05) is 0 Å². The average molecular weight is 260 g/mol. The van der Waals surface area contributed by atoms with Crippen LogP contribution in [0.25, 0.3) is 0 Å². The van der Waals surface area contributed by atoms with Gasteiger partial charge in [0.15, 0.2) is 0 Å². The van der Waals surface area contributed by atoms with Gasteiger partial charge in [-0.3, -0.25) is 4.99 Å². The van der Waals surface area contributed by atoms with Crippen molar-refractivity contribution in [2.24, 2.45) is 10.9 Å². The Balaban J connectivity index is 2.97. The van der Waals surface area contributed by atoms with Gasteiger partial charge in [-0.25, -0.2) is 0 Å². The fourth-order valence-corrected chi connectivity index (χ4v) is 2.51. The third-order valence-electron chi connectivity index (χ3n) is 3.82. The van der Waals surface area contributed by atoms with Crippen LogP contribution in [-0.2, 0) is 6.54 Å². The Kier molecular flexibility index (Phi) is 5.59. The SMILES string of the molecule is C=C(C)N=C(C)c1c(C)cn(CCC(C)CC)c1C. The molecule has 1 rings (SSSR count). The van der Waals surface area contributed by atoms with Gasteiger partial charge in [0.2, 0.25) is 0 Å². The number of aliphatic imine (C=N–C) groups is 1. The van der Waals surface area contributed by atoms with Crippen molar-refractivity contribution in [2.45, 2.75) is 60.9 Å². The number of hydrogen-bond donors (Lipinski definition) is 0. The lowest BCUT2D eigenvalue weighted by Gasteiger charge is -2.11. The molecule has 0 saturated carbocycles. The molecular weight excluding hydrogens is 232 g/mol. The molecule has 1 atom stereocenters. The van der Waals surface area contributed by atoms with E-state index in [1.54, 1.807) is 0 Å². The summed E-state index contributed by atoms with van der Waals surface area (Å²) in [7, 11) is 0. The van der Waals surface area contributed by atoms with E-state index in [1.807, 2.05) is 6.92 Å². The molecule has 0 aliphatic carbocycles. The lowest BCUT2D eigenvalue weighted by atomic mass is 10.1. The molecule has 0 N–H and O–H groups in total. The molecule has 0 fully saturated rings. The van der Waals surface area contributed by atoms with E-state index in [4.69, 9.17) is 0 Å². The van der Waals surface area contributed by atoms with Crippen molar-refractivity contribution < 1.29 is 0 Å². The van der Waals surface area contributed by atoms with Crippen LogP contribution in [0.3, 0.4) is 0 Å². The lowest BCUT2D eigenvalue weighted by molar-refractivity contribution is 0.465. The number of hydrogen-bond acceptors (Lipinski definition) is 1. The van der Waals surface area contributed by atoms with Crippen LogP contribution in [0.5, 0.6) is 0 Å². The quantitative estimate of drug-likeness (QED) is 0.648. The molecule has 0 amide bonds. The van der Waals surface area contributed by atoms with Gasteiger partial charge in [-0.1, -0.05) is 26.8 Å². The Morgan fingerprint density at radius 1 is 1.37 bits per heavy atom. The predicted molar refractivity (Wildman–Crippen MR) is 85.0 cm³/mol. The van der Waals surface area contributed by atoms with E-state index >= 15 is 0 Å². The molecule has 2 nitrogen and oxygen atoms in total. The molecule has 0 radical (unpaired) electrons. The summed E-state index contributed by atoms with van der Waals surface area (Å²) in [6.45, 7) is 17.9. The molecule has 106 valence electrons. The summed E-state index contributed by atoms with van der Waals surface area (Å²) in [6, 6.07) is 0. The fraction of sp³-hybridized carbons (Fsp3) is 0.588. The van der Waals surface area contributed by atoms with Crippen molar-refractivity contribution >= 4 is 5.71 Å². The van der Waals surface area contributed by atoms with E-state index in [-0.39, 0.29) is 0 Å². The molecule has 0 bridgehead atoms. The Morgan fingerprint density at radius 3 is 2.53 bits per heavy atom. The molecular formula is C17H28N2. The summed E-state index contributed by atoms with van der Waals surface area (Å²) in [5.74, 6) is 0.788. The second-order valence-corrected chi connectivity index (χ2v) is 5.70. The van der Waals surface area contributed by atoms with E-state index in [2.05, 4.69) is 57.0 Å². The van der Waals surface area contributed by atoms with Crippen LogP contribution >= 0.6 is 0 Å². The molecule has 0 aliphatic rings. The Hall–Kier alpha value is -1.31. The third kappa shape index (κ3) is 4.09. The molecule has 0 spiro atoms. The largest absolute Gasteiger partial charge is 0.351 e. The average Bonchev–Trinajstić information content (AvgIpc) is 2.60. The van der Waals surface area contributed by atoms with Gasteiger partial charge in [-0.05, 0) is 45.6 Å². The van der Waals surface area contributed by atoms with Crippen LogP contribution < -0.4 is 0 Å². The summed E-state index contributed by atoms with van der Waals surface area (Å²) in [5.41, 5.74) is 5.85. The van der Waals surface area contributed by atoms with Gasteiger partial charge in [0, 0.05) is 35.4 Å². The Labute approximate surface area is 118 Å². The first-order valence-corrected chi connectivity index (χ1v) is 7.24. The molecule has 19 heavy (non-hydrogen) atoms. The van der Waals surface area contributed by atoms with E-state index in [9.17, 15) is 0 Å². The maximum Gasteiger partial charge on any atom is 0.0468 e. The van der Waals surface area contributed by atoms with Crippen molar-refractivity contribution in [3.8, 4) is 0 Å². The molecule has 0 saturated heterocycles. The van der Waals surface area contributed by atoms with Crippen molar-refractivity contribution in [3.05, 3.63) is 35.3 Å². The van der Waals surface area contributed by atoms with E-state index in [0.29, 0.717) is 0 Å². The smallest absolute Gasteiger partial charge is 0.0468 e. The summed E-state index contributed by atoms with van der Waals surface area (Å²) < 4.78 is 2.37. The summed E-state index contributed by atoms with van der Waals surface area (Å²) in [6.07, 6.45) is 4.74. The Morgan fingerprint density at radius 2 is 2.00 bits per heavy atom. The number of nitrogens with zero attached hydrogens (tertiary/aromatic N) is 2. The molecule has 1 aromatic rings. The maximum absolute atomic E-state index is 4.50. The molecule has 2 heteroatoms. The van der Waals surface area contributed by atoms with Crippen LogP contribution in [-0.4, -0.2) is 10.3 Å². The molecule has 1 aromatic heterocycles. The minimum absolute atomic E-state index is 0.788. The van der Waals surface area contributed by atoms with Gasteiger partial charge in [0.1, 0.15) is 0 Å². The van der Waals surface area contributed by atoms with Gasteiger partial charge in [0.25, 0.3) is 0 Å². The first-order valence-electron chi connectivity index (χ1n) is 7.24. The summed E-state index contributed by atoms with van der Waals surface area (Å²) in [5, 5.41) is 0. The number of allylic oxidation sites excluding steroid dienone is 1. The van der Waals surface area contributed by atoms with Crippen LogP contribution in [0, 0.1) is 19.8 Å². The van der Waals surface area contributed by atoms with Gasteiger partial charge in [-0.2, -0.15) is 0 Å². The van der Waals surface area contributed by atoms with Gasteiger partial charge >= 0.3 is 0 Å². The monoisotopic (exact) mass is 260 g/mol. The predicted octanol–water partition coefficient (Wildman–Crippen LogP) is 4.88. The summed E-state index contributed by atoms with van der Waals surface area (Å²) >= 11 is 0. The highest BCUT2D eigenvalue weighted by atomic mass is 15.0. The molecule has 0 aromatic carbocycles. The topological polar surface area (TPSA) is 17.3 Å². The van der Waals surface area contributed by atoms with Crippen LogP contribution in [0.1, 0.15) is 57.4 Å². The first kappa shape index (κ1) is 15.7. The number of aryl methyl sites for hydroxylation is 2.